The molecule has 0 spiro atoms. The van der Waals surface area contributed by atoms with Gasteiger partial charge in [-0.15, -0.1) is 22.7 Å². The Morgan fingerprint density at radius 2 is 1.64 bits per heavy atom. The molecule has 11 heteroatoms. The van der Waals surface area contributed by atoms with Gasteiger partial charge in [0.15, 0.2) is 5.57 Å². The summed E-state index contributed by atoms with van der Waals surface area (Å²) in [4.78, 5) is 42.1. The normalized spacial score (nSPS) is 13.4. The van der Waals surface area contributed by atoms with Crippen molar-refractivity contribution in [3.8, 4) is 23.3 Å². The van der Waals surface area contributed by atoms with Gasteiger partial charge >= 0.3 is 5.97 Å². The first-order valence-corrected chi connectivity index (χ1v) is 16.5. The van der Waals surface area contributed by atoms with Gasteiger partial charge in [0, 0.05) is 10.4 Å². The van der Waals surface area contributed by atoms with Crippen LogP contribution in [-0.4, -0.2) is 36.3 Å². The molecule has 232 valence electrons. The molecule has 2 heterocycles. The molecule has 0 bridgehead atoms. The SMILES string of the molecule is CCOC(=O)c1c(NC(=O)/C(C#N)=c2\s/c(=C/c3ccccc3OCC)c(=O)n2-c2ccccc2OCC)sc2c1CCCC2. The smallest absolute Gasteiger partial charge is 0.341 e. The second kappa shape index (κ2) is 14.4. The summed E-state index contributed by atoms with van der Waals surface area (Å²) < 4.78 is 18.7. The minimum atomic E-state index is -0.730. The number of anilines is 1. The fraction of sp³-hybridized carbons (Fsp3) is 0.294. The lowest BCUT2D eigenvalue weighted by Crippen LogP contribution is -2.32. The molecule has 1 aliphatic carbocycles. The van der Waals surface area contributed by atoms with Gasteiger partial charge in [-0.1, -0.05) is 30.3 Å². The highest BCUT2D eigenvalue weighted by molar-refractivity contribution is 7.17. The summed E-state index contributed by atoms with van der Waals surface area (Å²) in [5, 5.41) is 13.6. The molecule has 0 atom stereocenters. The summed E-state index contributed by atoms with van der Waals surface area (Å²) in [7, 11) is 0. The van der Waals surface area contributed by atoms with Crippen LogP contribution in [0, 0.1) is 11.3 Å². The number of fused-ring (bicyclic) bond motifs is 1. The van der Waals surface area contributed by atoms with E-state index in [0.717, 1.165) is 41.0 Å². The Bertz CT molecular complexity index is 1960. The van der Waals surface area contributed by atoms with Crippen molar-refractivity contribution in [3.05, 3.63) is 89.6 Å². The molecular weight excluding hydrogens is 611 g/mol. The molecule has 45 heavy (non-hydrogen) atoms. The number of hydrogen-bond acceptors (Lipinski definition) is 9. The highest BCUT2D eigenvalue weighted by Crippen LogP contribution is 2.39. The van der Waals surface area contributed by atoms with Crippen molar-refractivity contribution in [2.24, 2.45) is 0 Å². The number of aryl methyl sites for hydroxylation is 1. The van der Waals surface area contributed by atoms with Crippen molar-refractivity contribution >= 4 is 51.2 Å². The maximum Gasteiger partial charge on any atom is 0.341 e. The molecule has 4 aromatic rings. The summed E-state index contributed by atoms with van der Waals surface area (Å²) in [6.07, 6.45) is 5.14. The zero-order chi connectivity index (χ0) is 31.9. The highest BCUT2D eigenvalue weighted by Gasteiger charge is 2.28. The van der Waals surface area contributed by atoms with Gasteiger partial charge in [-0.05, 0) is 76.3 Å². The number of amides is 1. The predicted octanol–water partition coefficient (Wildman–Crippen LogP) is 4.96. The van der Waals surface area contributed by atoms with Crippen LogP contribution in [0.1, 0.15) is 60.0 Å². The van der Waals surface area contributed by atoms with Crippen LogP contribution in [0.2, 0.25) is 0 Å². The van der Waals surface area contributed by atoms with E-state index in [9.17, 15) is 19.6 Å². The second-order valence-electron chi connectivity index (χ2n) is 10.0. The van der Waals surface area contributed by atoms with Crippen LogP contribution in [0.3, 0.4) is 0 Å². The van der Waals surface area contributed by atoms with Gasteiger partial charge in [0.25, 0.3) is 11.5 Å². The molecule has 0 fully saturated rings. The van der Waals surface area contributed by atoms with Gasteiger partial charge < -0.3 is 19.5 Å². The van der Waals surface area contributed by atoms with E-state index in [-0.39, 0.29) is 16.8 Å². The van der Waals surface area contributed by atoms with E-state index in [2.05, 4.69) is 5.32 Å². The van der Waals surface area contributed by atoms with Gasteiger partial charge in [0.1, 0.15) is 27.2 Å². The quantitative estimate of drug-likeness (QED) is 0.243. The third-order valence-electron chi connectivity index (χ3n) is 7.17. The molecule has 1 N–H and O–H groups in total. The summed E-state index contributed by atoms with van der Waals surface area (Å²) in [6, 6.07) is 16.4. The van der Waals surface area contributed by atoms with Crippen LogP contribution in [0.4, 0.5) is 5.00 Å². The molecule has 0 aliphatic heterocycles. The number of hydrogen-bond donors (Lipinski definition) is 1. The Morgan fingerprint density at radius 3 is 2.38 bits per heavy atom. The van der Waals surface area contributed by atoms with Crippen LogP contribution in [-0.2, 0) is 22.4 Å². The molecule has 5 rings (SSSR count). The summed E-state index contributed by atoms with van der Waals surface area (Å²) in [5.41, 5.74) is 1.61. The van der Waals surface area contributed by atoms with Gasteiger partial charge in [-0.2, -0.15) is 5.26 Å². The second-order valence-corrected chi connectivity index (χ2v) is 12.1. The molecule has 0 saturated carbocycles. The molecule has 2 aromatic carbocycles. The number of thiophene rings is 1. The van der Waals surface area contributed by atoms with Crippen LogP contribution in [0.5, 0.6) is 11.5 Å². The Hall–Kier alpha value is -4.66. The van der Waals surface area contributed by atoms with E-state index >= 15 is 0 Å². The topological polar surface area (TPSA) is 120 Å². The molecule has 2 aromatic heterocycles. The first-order valence-electron chi connectivity index (χ1n) is 14.9. The summed E-state index contributed by atoms with van der Waals surface area (Å²) in [5.74, 6) is -0.206. The number of rotatable bonds is 10. The van der Waals surface area contributed by atoms with Crippen molar-refractivity contribution in [2.75, 3.05) is 25.1 Å². The van der Waals surface area contributed by atoms with Crippen molar-refractivity contribution in [2.45, 2.75) is 46.5 Å². The highest BCUT2D eigenvalue weighted by atomic mass is 32.1. The number of esters is 1. The zero-order valence-corrected chi connectivity index (χ0v) is 26.9. The predicted molar refractivity (Wildman–Crippen MR) is 176 cm³/mol. The number of carbonyl (C=O) groups excluding carboxylic acids is 2. The average Bonchev–Trinajstić information content (AvgIpc) is 3.56. The van der Waals surface area contributed by atoms with Crippen molar-refractivity contribution in [1.29, 1.82) is 5.26 Å². The number of nitriles is 1. The maximum absolute atomic E-state index is 14.1. The minimum absolute atomic E-state index is 0.131. The molecule has 1 aliphatic rings. The molecule has 0 saturated heterocycles. The van der Waals surface area contributed by atoms with Crippen LogP contribution in [0.25, 0.3) is 17.3 Å². The number of nitrogens with one attached hydrogen (secondary N) is 1. The number of aromatic nitrogens is 1. The molecule has 0 radical (unpaired) electrons. The van der Waals surface area contributed by atoms with Gasteiger partial charge in [-0.3, -0.25) is 14.2 Å². The van der Waals surface area contributed by atoms with Gasteiger partial charge in [0.05, 0.1) is 35.6 Å². The number of para-hydroxylation sites is 3. The maximum atomic E-state index is 14.1. The number of ether oxygens (including phenoxy) is 3. The van der Waals surface area contributed by atoms with Crippen LogP contribution in [0.15, 0.2) is 53.3 Å². The minimum Gasteiger partial charge on any atom is -0.493 e. The third-order valence-corrected chi connectivity index (χ3v) is 9.47. The monoisotopic (exact) mass is 643 g/mol. The van der Waals surface area contributed by atoms with Crippen molar-refractivity contribution in [1.82, 2.24) is 4.57 Å². The lowest BCUT2D eigenvalue weighted by molar-refractivity contribution is -0.111. The molecular formula is C34H33N3O6S2. The van der Waals surface area contributed by atoms with E-state index in [0.29, 0.717) is 57.5 Å². The Balaban J connectivity index is 1.73. The summed E-state index contributed by atoms with van der Waals surface area (Å²) >= 11 is 2.35. The fourth-order valence-corrected chi connectivity index (χ4v) is 7.61. The largest absolute Gasteiger partial charge is 0.493 e. The first kappa shape index (κ1) is 31.8. The average molecular weight is 644 g/mol. The van der Waals surface area contributed by atoms with E-state index in [1.165, 1.54) is 15.9 Å². The van der Waals surface area contributed by atoms with Crippen LogP contribution < -0.4 is 29.5 Å². The lowest BCUT2D eigenvalue weighted by atomic mass is 9.95. The van der Waals surface area contributed by atoms with E-state index in [1.54, 1.807) is 37.3 Å². The molecule has 0 unspecified atom stereocenters. The van der Waals surface area contributed by atoms with E-state index < -0.39 is 17.4 Å². The lowest BCUT2D eigenvalue weighted by Gasteiger charge is -2.12. The van der Waals surface area contributed by atoms with Gasteiger partial charge in [-0.25, -0.2) is 4.79 Å². The van der Waals surface area contributed by atoms with E-state index in [4.69, 9.17) is 14.2 Å². The van der Waals surface area contributed by atoms with Crippen LogP contribution >= 0.6 is 22.7 Å². The number of benzene rings is 2. The Kier molecular flexibility index (Phi) is 10.2. The first-order chi connectivity index (χ1) is 21.9. The Labute approximate surface area is 268 Å². The summed E-state index contributed by atoms with van der Waals surface area (Å²) in [6.45, 7) is 6.43. The zero-order valence-electron chi connectivity index (χ0n) is 25.3. The van der Waals surface area contributed by atoms with Gasteiger partial charge in [0.2, 0.25) is 0 Å². The molecule has 1 amide bonds. The number of thiazole rings is 1. The third kappa shape index (κ3) is 6.57. The Morgan fingerprint density at radius 1 is 0.956 bits per heavy atom. The van der Waals surface area contributed by atoms with Crippen molar-refractivity contribution in [3.63, 3.8) is 0 Å². The molecule has 9 nitrogen and oxygen atoms in total. The number of nitrogens with zero attached hydrogens (tertiary/aromatic N) is 2. The van der Waals surface area contributed by atoms with Crippen molar-refractivity contribution < 1.29 is 23.8 Å². The van der Waals surface area contributed by atoms with E-state index in [1.807, 2.05) is 44.2 Å². The number of carbonyl (C=O) groups is 2. The standard InChI is InChI=1S/C34H33N3O6S2/c1-4-41-25-16-10-7-13-21(25)19-28-32(39)37(24-15-9-11-17-26(24)42-5-2)33(45-28)23(20-35)30(38)36-31-29(34(40)43-6-3)22-14-8-12-18-27(22)44-31/h7,9-11,13,15-17,19H,4-6,8,12,14,18H2,1-3H3,(H,36,38)/b28-19+,33-23-. The fourth-order valence-electron chi connectivity index (χ4n) is 5.25.